The number of halogens is 1. The number of hydrogen-bond acceptors (Lipinski definition) is 1. The van der Waals surface area contributed by atoms with Gasteiger partial charge in [-0.25, -0.2) is 0 Å². The molecule has 1 amide bonds. The molecule has 2 rings (SSSR count). The van der Waals surface area contributed by atoms with Gasteiger partial charge in [0.1, 0.15) is 0 Å². The van der Waals surface area contributed by atoms with Crippen LogP contribution in [-0.2, 0) is 0 Å². The minimum Gasteiger partial charge on any atom is -0.352 e. The highest BCUT2D eigenvalue weighted by molar-refractivity contribution is 6.17. The molecular weight excluding hydrogens is 258 g/mol. The van der Waals surface area contributed by atoms with E-state index in [9.17, 15) is 4.79 Å². The third kappa shape index (κ3) is 3.83. The summed E-state index contributed by atoms with van der Waals surface area (Å²) in [4.78, 5) is 11.8. The Hall–Kier alpha value is -1.80. The fourth-order valence-electron chi connectivity index (χ4n) is 1.82. The molecule has 98 valence electrons. The number of carbonyl (C=O) groups is 1. The molecule has 3 heteroatoms. The highest BCUT2D eigenvalue weighted by Crippen LogP contribution is 2.19. The second-order valence-corrected chi connectivity index (χ2v) is 4.62. The van der Waals surface area contributed by atoms with E-state index in [1.807, 2.05) is 42.5 Å². The van der Waals surface area contributed by atoms with Crippen molar-refractivity contribution >= 4 is 17.5 Å². The molecule has 1 N–H and O–H groups in total. The van der Waals surface area contributed by atoms with Crippen LogP contribution in [0.15, 0.2) is 54.6 Å². The first-order chi connectivity index (χ1) is 9.31. The molecule has 0 aliphatic heterocycles. The number of rotatable bonds is 5. The molecular formula is C16H16ClNO. The smallest absolute Gasteiger partial charge is 0.251 e. The molecule has 0 aliphatic rings. The van der Waals surface area contributed by atoms with Gasteiger partial charge in [-0.1, -0.05) is 42.5 Å². The minimum absolute atomic E-state index is 0.0512. The quantitative estimate of drug-likeness (QED) is 0.653. The molecule has 0 fully saturated rings. The van der Waals surface area contributed by atoms with Gasteiger partial charge in [-0.3, -0.25) is 4.79 Å². The van der Waals surface area contributed by atoms with Crippen molar-refractivity contribution < 1.29 is 4.79 Å². The molecule has 0 aromatic heterocycles. The van der Waals surface area contributed by atoms with Crippen LogP contribution in [0, 0.1) is 0 Å². The Morgan fingerprint density at radius 2 is 1.58 bits per heavy atom. The number of nitrogens with one attached hydrogen (secondary N) is 1. The maximum absolute atomic E-state index is 11.8. The Morgan fingerprint density at radius 3 is 2.21 bits per heavy atom. The Labute approximate surface area is 118 Å². The Balaban J connectivity index is 2.04. The van der Waals surface area contributed by atoms with Crippen LogP contribution in [0.4, 0.5) is 0 Å². The van der Waals surface area contributed by atoms with Gasteiger partial charge in [0.05, 0.1) is 0 Å². The zero-order valence-electron chi connectivity index (χ0n) is 10.6. The molecule has 0 bridgehead atoms. The monoisotopic (exact) mass is 273 g/mol. The van der Waals surface area contributed by atoms with Crippen LogP contribution < -0.4 is 5.32 Å². The molecule has 19 heavy (non-hydrogen) atoms. The SMILES string of the molecule is O=C(NCCCCl)c1ccc(-c2ccccc2)cc1. The first-order valence-electron chi connectivity index (χ1n) is 6.31. The van der Waals surface area contributed by atoms with Gasteiger partial charge < -0.3 is 5.32 Å². The first kappa shape index (κ1) is 13.6. The van der Waals surface area contributed by atoms with Crippen LogP contribution >= 0.6 is 11.6 Å². The molecule has 0 spiro atoms. The van der Waals surface area contributed by atoms with E-state index in [1.165, 1.54) is 0 Å². The molecule has 0 radical (unpaired) electrons. The van der Waals surface area contributed by atoms with Crippen molar-refractivity contribution in [2.45, 2.75) is 6.42 Å². The van der Waals surface area contributed by atoms with Crippen molar-refractivity contribution in [1.82, 2.24) is 5.32 Å². The van der Waals surface area contributed by atoms with Crippen LogP contribution in [0.5, 0.6) is 0 Å². The van der Waals surface area contributed by atoms with Gasteiger partial charge in [0.25, 0.3) is 5.91 Å². The average molecular weight is 274 g/mol. The summed E-state index contributed by atoms with van der Waals surface area (Å²) in [6.07, 6.45) is 0.787. The second kappa shape index (κ2) is 6.95. The van der Waals surface area contributed by atoms with Gasteiger partial charge >= 0.3 is 0 Å². The zero-order chi connectivity index (χ0) is 13.5. The third-order valence-electron chi connectivity index (χ3n) is 2.85. The summed E-state index contributed by atoms with van der Waals surface area (Å²) < 4.78 is 0. The van der Waals surface area contributed by atoms with Crippen molar-refractivity contribution in [3.05, 3.63) is 60.2 Å². The normalized spacial score (nSPS) is 10.2. The lowest BCUT2D eigenvalue weighted by atomic mass is 10.0. The minimum atomic E-state index is -0.0512. The van der Waals surface area contributed by atoms with E-state index in [0.29, 0.717) is 18.0 Å². The lowest BCUT2D eigenvalue weighted by Crippen LogP contribution is -2.24. The summed E-state index contributed by atoms with van der Waals surface area (Å²) in [5, 5.41) is 2.84. The van der Waals surface area contributed by atoms with Gasteiger partial charge in [0.15, 0.2) is 0 Å². The maximum atomic E-state index is 11.8. The van der Waals surface area contributed by atoms with Gasteiger partial charge in [-0.15, -0.1) is 11.6 Å². The molecule has 0 atom stereocenters. The number of carbonyl (C=O) groups excluding carboxylic acids is 1. The van der Waals surface area contributed by atoms with Gasteiger partial charge in [0, 0.05) is 18.0 Å². The predicted molar refractivity (Wildman–Crippen MR) is 79.5 cm³/mol. The Morgan fingerprint density at radius 1 is 0.947 bits per heavy atom. The summed E-state index contributed by atoms with van der Waals surface area (Å²) in [7, 11) is 0. The fourth-order valence-corrected chi connectivity index (χ4v) is 1.95. The van der Waals surface area contributed by atoms with Crippen molar-refractivity contribution in [2.75, 3.05) is 12.4 Å². The molecule has 0 heterocycles. The van der Waals surface area contributed by atoms with Crippen molar-refractivity contribution in [3.8, 4) is 11.1 Å². The number of benzene rings is 2. The third-order valence-corrected chi connectivity index (χ3v) is 3.12. The lowest BCUT2D eigenvalue weighted by molar-refractivity contribution is 0.0954. The lowest BCUT2D eigenvalue weighted by Gasteiger charge is -2.05. The first-order valence-corrected chi connectivity index (χ1v) is 6.84. The largest absolute Gasteiger partial charge is 0.352 e. The summed E-state index contributed by atoms with van der Waals surface area (Å²) >= 11 is 5.57. The Kier molecular flexibility index (Phi) is 4.99. The standard InChI is InChI=1S/C16H16ClNO/c17-11-4-12-18-16(19)15-9-7-14(8-10-15)13-5-2-1-3-6-13/h1-3,5-10H,4,11-12H2,(H,18,19). The van der Waals surface area contributed by atoms with E-state index in [-0.39, 0.29) is 5.91 Å². The second-order valence-electron chi connectivity index (χ2n) is 4.24. The van der Waals surface area contributed by atoms with Gasteiger partial charge in [0.2, 0.25) is 0 Å². The van der Waals surface area contributed by atoms with Crippen molar-refractivity contribution in [2.24, 2.45) is 0 Å². The average Bonchev–Trinajstić information content (AvgIpc) is 2.48. The summed E-state index contributed by atoms with van der Waals surface area (Å²) in [6, 6.07) is 17.7. The fraction of sp³-hybridized carbons (Fsp3) is 0.188. The molecule has 0 saturated heterocycles. The summed E-state index contributed by atoms with van der Waals surface area (Å²) in [5.41, 5.74) is 2.93. The van der Waals surface area contributed by atoms with Crippen molar-refractivity contribution in [3.63, 3.8) is 0 Å². The van der Waals surface area contributed by atoms with E-state index in [2.05, 4.69) is 17.4 Å². The van der Waals surface area contributed by atoms with Gasteiger partial charge in [-0.2, -0.15) is 0 Å². The van der Waals surface area contributed by atoms with E-state index < -0.39 is 0 Å². The number of hydrogen-bond donors (Lipinski definition) is 1. The molecule has 2 nitrogen and oxygen atoms in total. The highest BCUT2D eigenvalue weighted by Gasteiger charge is 2.04. The molecule has 0 unspecified atom stereocenters. The topological polar surface area (TPSA) is 29.1 Å². The molecule has 0 aliphatic carbocycles. The molecule has 2 aromatic carbocycles. The number of alkyl halides is 1. The zero-order valence-corrected chi connectivity index (χ0v) is 11.4. The van der Waals surface area contributed by atoms with E-state index in [0.717, 1.165) is 17.5 Å². The molecule has 2 aromatic rings. The van der Waals surface area contributed by atoms with Crippen LogP contribution in [-0.4, -0.2) is 18.3 Å². The van der Waals surface area contributed by atoms with E-state index in [4.69, 9.17) is 11.6 Å². The maximum Gasteiger partial charge on any atom is 0.251 e. The summed E-state index contributed by atoms with van der Waals surface area (Å²) in [5.74, 6) is 0.512. The predicted octanol–water partition coefficient (Wildman–Crippen LogP) is 3.71. The van der Waals surface area contributed by atoms with E-state index >= 15 is 0 Å². The summed E-state index contributed by atoms with van der Waals surface area (Å²) in [6.45, 7) is 0.614. The Bertz CT molecular complexity index is 522. The molecule has 0 saturated carbocycles. The van der Waals surface area contributed by atoms with Crippen LogP contribution in [0.3, 0.4) is 0 Å². The van der Waals surface area contributed by atoms with Crippen LogP contribution in [0.1, 0.15) is 16.8 Å². The van der Waals surface area contributed by atoms with Crippen LogP contribution in [0.2, 0.25) is 0 Å². The van der Waals surface area contributed by atoms with Crippen LogP contribution in [0.25, 0.3) is 11.1 Å². The van der Waals surface area contributed by atoms with E-state index in [1.54, 1.807) is 0 Å². The van der Waals surface area contributed by atoms with Crippen molar-refractivity contribution in [1.29, 1.82) is 0 Å². The number of amides is 1. The van der Waals surface area contributed by atoms with Gasteiger partial charge in [-0.05, 0) is 29.7 Å². The highest BCUT2D eigenvalue weighted by atomic mass is 35.5.